The van der Waals surface area contributed by atoms with E-state index >= 15 is 0 Å². The highest BCUT2D eigenvalue weighted by Gasteiger charge is 2.28. The van der Waals surface area contributed by atoms with E-state index in [0.717, 1.165) is 50.3 Å². The van der Waals surface area contributed by atoms with Crippen LogP contribution in [-0.4, -0.2) is 35.3 Å². The summed E-state index contributed by atoms with van der Waals surface area (Å²) < 4.78 is 1.89. The lowest BCUT2D eigenvalue weighted by Gasteiger charge is -2.34. The number of carbonyl (C=O) groups excluding carboxylic acids is 1. The van der Waals surface area contributed by atoms with Crippen molar-refractivity contribution in [3.8, 4) is 0 Å². The van der Waals surface area contributed by atoms with Crippen molar-refractivity contribution in [1.82, 2.24) is 20.4 Å². The lowest BCUT2D eigenvalue weighted by molar-refractivity contribution is -0.125. The van der Waals surface area contributed by atoms with Gasteiger partial charge in [-0.15, -0.1) is 0 Å². The highest BCUT2D eigenvalue weighted by molar-refractivity contribution is 5.78. The molecule has 0 aromatic carbocycles. The van der Waals surface area contributed by atoms with Gasteiger partial charge in [0.15, 0.2) is 0 Å². The highest BCUT2D eigenvalue weighted by atomic mass is 16.1. The Morgan fingerprint density at radius 1 is 1.41 bits per heavy atom. The summed E-state index contributed by atoms with van der Waals surface area (Å²) in [7, 11) is 1.95. The van der Waals surface area contributed by atoms with Gasteiger partial charge in [0, 0.05) is 25.2 Å². The number of nitrogens with one attached hydrogen (secondary N) is 2. The van der Waals surface area contributed by atoms with E-state index < -0.39 is 0 Å². The molecule has 1 aromatic heterocycles. The van der Waals surface area contributed by atoms with Crippen LogP contribution < -0.4 is 10.6 Å². The maximum Gasteiger partial charge on any atom is 0.223 e. The van der Waals surface area contributed by atoms with Gasteiger partial charge < -0.3 is 10.6 Å². The van der Waals surface area contributed by atoms with E-state index in [9.17, 15) is 4.79 Å². The van der Waals surface area contributed by atoms with Gasteiger partial charge in [0.1, 0.15) is 0 Å². The Morgan fingerprint density at radius 3 is 2.59 bits per heavy atom. The summed E-state index contributed by atoms with van der Waals surface area (Å²) in [5.41, 5.74) is 3.63. The molecule has 1 aliphatic rings. The molecule has 2 rings (SSSR count). The quantitative estimate of drug-likeness (QED) is 0.871. The fraction of sp³-hybridized carbons (Fsp3) is 0.765. The van der Waals surface area contributed by atoms with Gasteiger partial charge in [-0.1, -0.05) is 13.8 Å². The molecule has 1 aromatic rings. The molecule has 0 radical (unpaired) electrons. The molecule has 22 heavy (non-hydrogen) atoms. The van der Waals surface area contributed by atoms with Crippen molar-refractivity contribution < 1.29 is 4.79 Å². The Balaban J connectivity index is 1.89. The first-order valence-electron chi connectivity index (χ1n) is 8.30. The number of nitrogens with zero attached hydrogens (tertiary/aromatic N) is 2. The number of piperidine rings is 1. The van der Waals surface area contributed by atoms with Crippen molar-refractivity contribution in [2.24, 2.45) is 18.4 Å². The third kappa shape index (κ3) is 3.88. The maximum atomic E-state index is 12.4. The zero-order chi connectivity index (χ0) is 16.3. The predicted molar refractivity (Wildman–Crippen MR) is 88.8 cm³/mol. The molecule has 1 unspecified atom stereocenters. The summed E-state index contributed by atoms with van der Waals surface area (Å²) in [5, 5.41) is 11.0. The molecular formula is C17H30N4O. The van der Waals surface area contributed by atoms with Crippen molar-refractivity contribution >= 4 is 5.91 Å². The molecule has 2 heterocycles. The second-order valence-corrected chi connectivity index (χ2v) is 7.16. The largest absolute Gasteiger partial charge is 0.355 e. The summed E-state index contributed by atoms with van der Waals surface area (Å²) in [6.45, 7) is 11.2. The Kier molecular flexibility index (Phi) is 5.27. The van der Waals surface area contributed by atoms with Crippen LogP contribution >= 0.6 is 0 Å². The van der Waals surface area contributed by atoms with E-state index in [1.54, 1.807) is 0 Å². The third-order valence-electron chi connectivity index (χ3n) is 5.12. The van der Waals surface area contributed by atoms with Crippen LogP contribution in [-0.2, 0) is 18.3 Å². The van der Waals surface area contributed by atoms with Gasteiger partial charge in [0.25, 0.3) is 0 Å². The van der Waals surface area contributed by atoms with Crippen LogP contribution in [0.3, 0.4) is 0 Å². The van der Waals surface area contributed by atoms with E-state index in [0.29, 0.717) is 0 Å². The van der Waals surface area contributed by atoms with Crippen LogP contribution in [0.4, 0.5) is 0 Å². The third-order valence-corrected chi connectivity index (χ3v) is 5.12. The van der Waals surface area contributed by atoms with E-state index in [4.69, 9.17) is 0 Å². The number of hydrogen-bond acceptors (Lipinski definition) is 3. The van der Waals surface area contributed by atoms with Crippen LogP contribution in [0.5, 0.6) is 0 Å². The molecule has 5 nitrogen and oxygen atoms in total. The van der Waals surface area contributed by atoms with Gasteiger partial charge in [-0.05, 0) is 57.2 Å². The number of hydrogen-bond donors (Lipinski definition) is 2. The van der Waals surface area contributed by atoms with Crippen molar-refractivity contribution in [2.75, 3.05) is 19.6 Å². The Morgan fingerprint density at radius 2 is 2.05 bits per heavy atom. The molecule has 0 spiro atoms. The first-order chi connectivity index (χ1) is 10.3. The second-order valence-electron chi connectivity index (χ2n) is 7.16. The maximum absolute atomic E-state index is 12.4. The molecule has 0 bridgehead atoms. The average molecular weight is 306 g/mol. The second kappa shape index (κ2) is 6.82. The summed E-state index contributed by atoms with van der Waals surface area (Å²) in [6, 6.07) is 0. The molecule has 5 heteroatoms. The summed E-state index contributed by atoms with van der Waals surface area (Å²) in [6.07, 6.45) is 3.01. The molecule has 2 N–H and O–H groups in total. The molecule has 1 saturated heterocycles. The van der Waals surface area contributed by atoms with Gasteiger partial charge in [0.2, 0.25) is 5.91 Å². The SMILES string of the molecule is Cc1nn(C)c(C)c1CC(C)C(=O)NCC1(C)CCNCC1. The lowest BCUT2D eigenvalue weighted by Crippen LogP contribution is -2.44. The minimum absolute atomic E-state index is 0.0214. The first-order valence-corrected chi connectivity index (χ1v) is 8.30. The van der Waals surface area contributed by atoms with Gasteiger partial charge in [0.05, 0.1) is 5.69 Å². The van der Waals surface area contributed by atoms with Crippen LogP contribution in [0.2, 0.25) is 0 Å². The summed E-state index contributed by atoms with van der Waals surface area (Å²) >= 11 is 0. The predicted octanol–water partition coefficient (Wildman–Crippen LogP) is 1.72. The van der Waals surface area contributed by atoms with Gasteiger partial charge >= 0.3 is 0 Å². The smallest absolute Gasteiger partial charge is 0.223 e. The summed E-state index contributed by atoms with van der Waals surface area (Å²) in [4.78, 5) is 12.4. The molecule has 0 aliphatic carbocycles. The van der Waals surface area contributed by atoms with Crippen LogP contribution in [0.15, 0.2) is 0 Å². The van der Waals surface area contributed by atoms with E-state index in [1.807, 2.05) is 25.6 Å². The molecule has 1 atom stereocenters. The molecule has 1 fully saturated rings. The van der Waals surface area contributed by atoms with Crippen LogP contribution in [0, 0.1) is 25.2 Å². The Bertz CT molecular complexity index is 529. The monoisotopic (exact) mass is 306 g/mol. The van der Waals surface area contributed by atoms with Crippen LogP contribution in [0.25, 0.3) is 0 Å². The fourth-order valence-corrected chi connectivity index (χ4v) is 3.19. The van der Waals surface area contributed by atoms with Gasteiger partial charge in [-0.2, -0.15) is 5.10 Å². The Hall–Kier alpha value is -1.36. The van der Waals surface area contributed by atoms with E-state index in [1.165, 1.54) is 5.56 Å². The number of aromatic nitrogens is 2. The highest BCUT2D eigenvalue weighted by Crippen LogP contribution is 2.27. The molecular weight excluding hydrogens is 276 g/mol. The topological polar surface area (TPSA) is 59.0 Å². The van der Waals surface area contributed by atoms with Gasteiger partial charge in [-0.25, -0.2) is 0 Å². The van der Waals surface area contributed by atoms with Gasteiger partial charge in [-0.3, -0.25) is 9.48 Å². The fourth-order valence-electron chi connectivity index (χ4n) is 3.19. The summed E-state index contributed by atoms with van der Waals surface area (Å²) in [5.74, 6) is 0.134. The van der Waals surface area contributed by atoms with Crippen molar-refractivity contribution in [3.63, 3.8) is 0 Å². The minimum atomic E-state index is -0.0214. The van der Waals surface area contributed by atoms with Crippen molar-refractivity contribution in [3.05, 3.63) is 17.0 Å². The van der Waals surface area contributed by atoms with Crippen molar-refractivity contribution in [1.29, 1.82) is 0 Å². The number of aryl methyl sites for hydroxylation is 2. The lowest BCUT2D eigenvalue weighted by atomic mass is 9.81. The van der Waals surface area contributed by atoms with Crippen LogP contribution in [0.1, 0.15) is 43.6 Å². The Labute approximate surface area is 133 Å². The number of rotatable bonds is 5. The number of carbonyl (C=O) groups is 1. The molecule has 1 amide bonds. The normalized spacial score (nSPS) is 19.0. The standard InChI is InChI=1S/C17H30N4O/c1-12(10-15-13(2)20-21(5)14(15)3)16(22)19-11-17(4)6-8-18-9-7-17/h12,18H,6-11H2,1-5H3,(H,19,22). The van der Waals surface area contributed by atoms with E-state index in [2.05, 4.69) is 29.6 Å². The van der Waals surface area contributed by atoms with E-state index in [-0.39, 0.29) is 17.2 Å². The molecule has 1 aliphatic heterocycles. The first kappa shape index (κ1) is 17.0. The zero-order valence-electron chi connectivity index (χ0n) is 14.6. The molecule has 124 valence electrons. The minimum Gasteiger partial charge on any atom is -0.355 e. The number of amides is 1. The molecule has 0 saturated carbocycles. The average Bonchev–Trinajstić information content (AvgIpc) is 2.72. The van der Waals surface area contributed by atoms with Crippen molar-refractivity contribution in [2.45, 2.75) is 47.0 Å². The zero-order valence-corrected chi connectivity index (χ0v) is 14.6.